The summed E-state index contributed by atoms with van der Waals surface area (Å²) in [6.07, 6.45) is 1.86. The topological polar surface area (TPSA) is 33.4 Å². The van der Waals surface area contributed by atoms with Gasteiger partial charge < -0.3 is 9.52 Å². The van der Waals surface area contributed by atoms with Crippen LogP contribution in [0.2, 0.25) is 0 Å². The van der Waals surface area contributed by atoms with E-state index < -0.39 is 6.10 Å². The summed E-state index contributed by atoms with van der Waals surface area (Å²) in [6.45, 7) is 4.37. The lowest BCUT2D eigenvalue weighted by atomic mass is 9.98. The quantitative estimate of drug-likeness (QED) is 0.912. The maximum absolute atomic E-state index is 10.3. The molecule has 1 aromatic carbocycles. The van der Waals surface area contributed by atoms with Gasteiger partial charge in [-0.15, -0.1) is 0 Å². The highest BCUT2D eigenvalue weighted by Gasteiger charge is 2.17. The van der Waals surface area contributed by atoms with Crippen LogP contribution in [0.3, 0.4) is 0 Å². The first kappa shape index (κ1) is 13.4. The predicted molar refractivity (Wildman–Crippen MR) is 75.5 cm³/mol. The Morgan fingerprint density at radius 2 is 2.06 bits per heavy atom. The minimum atomic E-state index is -0.721. The molecule has 1 heterocycles. The fourth-order valence-corrected chi connectivity index (χ4v) is 2.43. The molecule has 3 heteroatoms. The van der Waals surface area contributed by atoms with Crippen molar-refractivity contribution in [1.82, 2.24) is 0 Å². The lowest BCUT2D eigenvalue weighted by Crippen LogP contribution is -2.01. The maximum Gasteiger partial charge on any atom is 0.150 e. The number of hydrogen-bond donors (Lipinski definition) is 1. The Kier molecular flexibility index (Phi) is 4.25. The molecule has 0 aliphatic heterocycles. The Hall–Kier alpha value is -1.06. The van der Waals surface area contributed by atoms with Crippen LogP contribution in [-0.4, -0.2) is 5.11 Å². The third-order valence-corrected chi connectivity index (χ3v) is 3.46. The van der Waals surface area contributed by atoms with E-state index >= 15 is 0 Å². The summed E-state index contributed by atoms with van der Waals surface area (Å²) in [7, 11) is 0. The van der Waals surface area contributed by atoms with Crippen molar-refractivity contribution in [3.63, 3.8) is 0 Å². The van der Waals surface area contributed by atoms with Crippen LogP contribution in [0.15, 0.2) is 45.5 Å². The van der Waals surface area contributed by atoms with Gasteiger partial charge in [-0.3, -0.25) is 0 Å². The van der Waals surface area contributed by atoms with Crippen LogP contribution in [-0.2, 0) is 6.42 Å². The molecule has 2 rings (SSSR count). The molecule has 1 N–H and O–H groups in total. The Morgan fingerprint density at radius 3 is 2.67 bits per heavy atom. The minimum absolute atomic E-state index is 0.552. The number of aliphatic hydroxyl groups excluding tert-OH is 1. The monoisotopic (exact) mass is 308 g/mol. The zero-order valence-corrected chi connectivity index (χ0v) is 12.1. The average molecular weight is 309 g/mol. The molecule has 0 saturated carbocycles. The van der Waals surface area contributed by atoms with Gasteiger partial charge in [-0.2, -0.15) is 0 Å². The van der Waals surface area contributed by atoms with Crippen molar-refractivity contribution in [3.05, 3.63) is 58.0 Å². The molecule has 1 unspecified atom stereocenters. The highest BCUT2D eigenvalue weighted by molar-refractivity contribution is 9.10. The van der Waals surface area contributed by atoms with Gasteiger partial charge in [0.25, 0.3) is 0 Å². The van der Waals surface area contributed by atoms with Gasteiger partial charge in [-0.05, 0) is 45.5 Å². The van der Waals surface area contributed by atoms with Gasteiger partial charge in [0.05, 0.1) is 10.7 Å². The molecule has 1 atom stereocenters. The summed E-state index contributed by atoms with van der Waals surface area (Å²) < 4.78 is 6.10. The molecular weight excluding hydrogens is 292 g/mol. The second-order valence-electron chi connectivity index (χ2n) is 4.88. The SMILES string of the molecule is CC(C)Cc1cccc(C(O)c2occc2Br)c1. The lowest BCUT2D eigenvalue weighted by molar-refractivity contribution is 0.188. The Balaban J connectivity index is 2.25. The molecule has 2 aromatic rings. The van der Waals surface area contributed by atoms with E-state index in [-0.39, 0.29) is 0 Å². The highest BCUT2D eigenvalue weighted by atomic mass is 79.9. The first-order valence-electron chi connectivity index (χ1n) is 6.07. The van der Waals surface area contributed by atoms with Crippen molar-refractivity contribution >= 4 is 15.9 Å². The standard InChI is InChI=1S/C15H17BrO2/c1-10(2)8-11-4-3-5-12(9-11)14(17)15-13(16)6-7-18-15/h3-7,9-10,14,17H,8H2,1-2H3. The summed E-state index contributed by atoms with van der Waals surface area (Å²) in [4.78, 5) is 0. The van der Waals surface area contributed by atoms with Crippen molar-refractivity contribution in [1.29, 1.82) is 0 Å². The number of furan rings is 1. The van der Waals surface area contributed by atoms with E-state index in [0.717, 1.165) is 16.5 Å². The van der Waals surface area contributed by atoms with Gasteiger partial charge in [0.1, 0.15) is 6.10 Å². The van der Waals surface area contributed by atoms with Crippen molar-refractivity contribution in [2.24, 2.45) is 5.92 Å². The van der Waals surface area contributed by atoms with Gasteiger partial charge in [-0.25, -0.2) is 0 Å². The van der Waals surface area contributed by atoms with Gasteiger partial charge in [0.2, 0.25) is 0 Å². The molecule has 96 valence electrons. The van der Waals surface area contributed by atoms with Crippen molar-refractivity contribution in [2.45, 2.75) is 26.4 Å². The molecule has 0 aliphatic carbocycles. The number of halogens is 1. The summed E-state index contributed by atoms with van der Waals surface area (Å²) in [5.41, 5.74) is 2.10. The third-order valence-electron chi connectivity index (χ3n) is 2.80. The fourth-order valence-electron chi connectivity index (χ4n) is 2.01. The van der Waals surface area contributed by atoms with Gasteiger partial charge in [-0.1, -0.05) is 38.1 Å². The van der Waals surface area contributed by atoms with Crippen LogP contribution in [0.1, 0.15) is 36.8 Å². The fraction of sp³-hybridized carbons (Fsp3) is 0.333. The molecule has 0 radical (unpaired) electrons. The molecule has 0 bridgehead atoms. The van der Waals surface area contributed by atoms with E-state index in [1.165, 1.54) is 5.56 Å². The van der Waals surface area contributed by atoms with Crippen LogP contribution in [0.5, 0.6) is 0 Å². The zero-order valence-electron chi connectivity index (χ0n) is 10.6. The molecular formula is C15H17BrO2. The molecule has 0 amide bonds. The predicted octanol–water partition coefficient (Wildman–Crippen LogP) is 4.32. The van der Waals surface area contributed by atoms with Crippen molar-refractivity contribution < 1.29 is 9.52 Å². The first-order chi connectivity index (χ1) is 8.58. The number of aliphatic hydroxyl groups is 1. The summed E-state index contributed by atoms with van der Waals surface area (Å²) >= 11 is 3.37. The second kappa shape index (κ2) is 5.72. The summed E-state index contributed by atoms with van der Waals surface area (Å²) in [5.74, 6) is 1.16. The molecule has 0 aliphatic rings. The third kappa shape index (κ3) is 3.03. The zero-order chi connectivity index (χ0) is 13.1. The normalized spacial score (nSPS) is 12.9. The van der Waals surface area contributed by atoms with Crippen LogP contribution in [0.4, 0.5) is 0 Å². The van der Waals surface area contributed by atoms with Crippen LogP contribution >= 0.6 is 15.9 Å². The van der Waals surface area contributed by atoms with E-state index in [0.29, 0.717) is 11.7 Å². The lowest BCUT2D eigenvalue weighted by Gasteiger charge is -2.12. The summed E-state index contributed by atoms with van der Waals surface area (Å²) in [5, 5.41) is 10.3. The highest BCUT2D eigenvalue weighted by Crippen LogP contribution is 2.29. The van der Waals surface area contributed by atoms with Crippen LogP contribution in [0.25, 0.3) is 0 Å². The molecule has 2 nitrogen and oxygen atoms in total. The summed E-state index contributed by atoms with van der Waals surface area (Å²) in [6, 6.07) is 9.82. The molecule has 0 spiro atoms. The second-order valence-corrected chi connectivity index (χ2v) is 5.73. The van der Waals surface area contributed by atoms with Gasteiger partial charge >= 0.3 is 0 Å². The van der Waals surface area contributed by atoms with Crippen molar-refractivity contribution in [3.8, 4) is 0 Å². The average Bonchev–Trinajstić information content (AvgIpc) is 2.74. The molecule has 1 aromatic heterocycles. The van der Waals surface area contributed by atoms with Gasteiger partial charge in [0.15, 0.2) is 5.76 Å². The van der Waals surface area contributed by atoms with Crippen LogP contribution < -0.4 is 0 Å². The van der Waals surface area contributed by atoms with Gasteiger partial charge in [0, 0.05) is 0 Å². The smallest absolute Gasteiger partial charge is 0.150 e. The Morgan fingerprint density at radius 1 is 1.28 bits per heavy atom. The molecule has 0 saturated heterocycles. The Bertz CT molecular complexity index is 517. The molecule has 18 heavy (non-hydrogen) atoms. The van der Waals surface area contributed by atoms with Crippen molar-refractivity contribution in [2.75, 3.05) is 0 Å². The molecule has 0 fully saturated rings. The largest absolute Gasteiger partial charge is 0.465 e. The van der Waals surface area contributed by atoms with E-state index in [4.69, 9.17) is 4.42 Å². The number of rotatable bonds is 4. The van der Waals surface area contributed by atoms with E-state index in [9.17, 15) is 5.11 Å². The van der Waals surface area contributed by atoms with E-state index in [2.05, 4.69) is 35.8 Å². The Labute approximate surface area is 116 Å². The van der Waals surface area contributed by atoms with E-state index in [1.54, 1.807) is 12.3 Å². The maximum atomic E-state index is 10.3. The minimum Gasteiger partial charge on any atom is -0.465 e. The van der Waals surface area contributed by atoms with E-state index in [1.807, 2.05) is 18.2 Å². The number of hydrogen-bond acceptors (Lipinski definition) is 2. The van der Waals surface area contributed by atoms with Crippen LogP contribution in [0, 0.1) is 5.92 Å². The number of benzene rings is 1. The first-order valence-corrected chi connectivity index (χ1v) is 6.87.